The van der Waals surface area contributed by atoms with E-state index in [9.17, 15) is 4.79 Å². The standard InChI is InChI=1S/C18H20N6O/c1-3-4-18(25)23-15-7-5-14(6-8-15)22-16-11-17(21-13(2)20-16)24-10-9-19-12-24/h5-12H,3-4H2,1-2H3,(H,23,25)(H,20,21,22). The minimum atomic E-state index is 0.0274. The highest BCUT2D eigenvalue weighted by Gasteiger charge is 2.05. The van der Waals surface area contributed by atoms with E-state index in [-0.39, 0.29) is 5.91 Å². The van der Waals surface area contributed by atoms with Crippen LogP contribution in [0.3, 0.4) is 0 Å². The van der Waals surface area contributed by atoms with Gasteiger partial charge >= 0.3 is 0 Å². The quantitative estimate of drug-likeness (QED) is 0.720. The van der Waals surface area contributed by atoms with Gasteiger partial charge < -0.3 is 10.6 Å². The molecule has 0 unspecified atom stereocenters. The average molecular weight is 336 g/mol. The number of imidazole rings is 1. The number of aromatic nitrogens is 4. The molecule has 0 saturated carbocycles. The molecule has 0 aliphatic rings. The lowest BCUT2D eigenvalue weighted by molar-refractivity contribution is -0.116. The summed E-state index contributed by atoms with van der Waals surface area (Å²) in [5.41, 5.74) is 1.66. The zero-order chi connectivity index (χ0) is 17.6. The van der Waals surface area contributed by atoms with E-state index in [1.165, 1.54) is 0 Å². The summed E-state index contributed by atoms with van der Waals surface area (Å²) in [4.78, 5) is 24.5. The third-order valence-corrected chi connectivity index (χ3v) is 3.51. The molecule has 7 heteroatoms. The van der Waals surface area contributed by atoms with Gasteiger partial charge in [-0.1, -0.05) is 6.92 Å². The molecular weight excluding hydrogens is 316 g/mol. The van der Waals surface area contributed by atoms with E-state index in [0.29, 0.717) is 18.1 Å². The second kappa shape index (κ2) is 7.57. The van der Waals surface area contributed by atoms with E-state index < -0.39 is 0 Å². The Morgan fingerprint density at radius 2 is 1.92 bits per heavy atom. The third-order valence-electron chi connectivity index (χ3n) is 3.51. The van der Waals surface area contributed by atoms with Crippen LogP contribution in [-0.4, -0.2) is 25.4 Å². The predicted octanol–water partition coefficient (Wildman–Crippen LogP) is 3.45. The minimum absolute atomic E-state index is 0.0274. The average Bonchev–Trinajstić information content (AvgIpc) is 3.11. The van der Waals surface area contributed by atoms with Crippen LogP contribution in [0.15, 0.2) is 49.1 Å². The largest absolute Gasteiger partial charge is 0.340 e. The summed E-state index contributed by atoms with van der Waals surface area (Å²) in [6.45, 7) is 3.83. The van der Waals surface area contributed by atoms with Crippen molar-refractivity contribution < 1.29 is 4.79 Å². The van der Waals surface area contributed by atoms with Crippen LogP contribution in [0.4, 0.5) is 17.2 Å². The Labute approximate surface area is 146 Å². The molecule has 128 valence electrons. The number of hydrogen-bond acceptors (Lipinski definition) is 5. The summed E-state index contributed by atoms with van der Waals surface area (Å²) < 4.78 is 1.83. The zero-order valence-corrected chi connectivity index (χ0v) is 14.2. The van der Waals surface area contributed by atoms with Crippen molar-refractivity contribution in [2.24, 2.45) is 0 Å². The summed E-state index contributed by atoms with van der Waals surface area (Å²) in [6, 6.07) is 9.37. The van der Waals surface area contributed by atoms with Gasteiger partial charge in [0.2, 0.25) is 5.91 Å². The Bertz CT molecular complexity index is 843. The molecule has 2 aromatic heterocycles. The normalized spacial score (nSPS) is 10.5. The van der Waals surface area contributed by atoms with Gasteiger partial charge in [0.25, 0.3) is 0 Å². The lowest BCUT2D eigenvalue weighted by atomic mass is 10.2. The second-order valence-corrected chi connectivity index (χ2v) is 5.63. The molecule has 0 aliphatic carbocycles. The molecule has 2 heterocycles. The van der Waals surface area contributed by atoms with E-state index in [4.69, 9.17) is 0 Å². The SMILES string of the molecule is CCCC(=O)Nc1ccc(Nc2cc(-n3ccnc3)nc(C)n2)cc1. The molecule has 0 spiro atoms. The van der Waals surface area contributed by atoms with Crippen molar-refractivity contribution in [3.8, 4) is 5.82 Å². The lowest BCUT2D eigenvalue weighted by Gasteiger charge is -2.10. The van der Waals surface area contributed by atoms with Crippen LogP contribution in [0.2, 0.25) is 0 Å². The first-order valence-electron chi connectivity index (χ1n) is 8.15. The number of nitrogens with one attached hydrogen (secondary N) is 2. The number of benzene rings is 1. The lowest BCUT2D eigenvalue weighted by Crippen LogP contribution is -2.10. The minimum Gasteiger partial charge on any atom is -0.340 e. The molecule has 7 nitrogen and oxygen atoms in total. The number of hydrogen-bond donors (Lipinski definition) is 2. The third kappa shape index (κ3) is 4.41. The van der Waals surface area contributed by atoms with Crippen LogP contribution >= 0.6 is 0 Å². The topological polar surface area (TPSA) is 84.7 Å². The highest BCUT2D eigenvalue weighted by Crippen LogP contribution is 2.19. The molecule has 0 saturated heterocycles. The van der Waals surface area contributed by atoms with Crippen LogP contribution in [0.25, 0.3) is 5.82 Å². The maximum absolute atomic E-state index is 11.6. The van der Waals surface area contributed by atoms with Crippen LogP contribution in [0.1, 0.15) is 25.6 Å². The Balaban J connectivity index is 1.73. The molecule has 0 radical (unpaired) electrons. The van der Waals surface area contributed by atoms with Crippen molar-refractivity contribution >= 4 is 23.1 Å². The van der Waals surface area contributed by atoms with Gasteiger partial charge in [-0.05, 0) is 37.6 Å². The molecule has 1 aromatic carbocycles. The van der Waals surface area contributed by atoms with Gasteiger partial charge in [0.05, 0.1) is 0 Å². The predicted molar refractivity (Wildman–Crippen MR) is 97.2 cm³/mol. The van der Waals surface area contributed by atoms with Gasteiger partial charge in [0.15, 0.2) is 0 Å². The molecule has 0 atom stereocenters. The van der Waals surface area contributed by atoms with Gasteiger partial charge in [-0.15, -0.1) is 0 Å². The number of carbonyl (C=O) groups excluding carboxylic acids is 1. The first-order valence-corrected chi connectivity index (χ1v) is 8.15. The Morgan fingerprint density at radius 3 is 2.60 bits per heavy atom. The fourth-order valence-corrected chi connectivity index (χ4v) is 2.38. The van der Waals surface area contributed by atoms with E-state index in [1.54, 1.807) is 12.5 Å². The maximum atomic E-state index is 11.6. The number of anilines is 3. The first kappa shape index (κ1) is 16.6. The van der Waals surface area contributed by atoms with Crippen LogP contribution in [0.5, 0.6) is 0 Å². The summed E-state index contributed by atoms with van der Waals surface area (Å²) in [5, 5.41) is 6.12. The zero-order valence-electron chi connectivity index (χ0n) is 14.2. The summed E-state index contributed by atoms with van der Waals surface area (Å²) >= 11 is 0. The molecule has 3 aromatic rings. The summed E-state index contributed by atoms with van der Waals surface area (Å²) in [5.74, 6) is 2.13. The molecule has 0 aliphatic heterocycles. The number of nitrogens with zero attached hydrogens (tertiary/aromatic N) is 4. The fraction of sp³-hybridized carbons (Fsp3) is 0.222. The smallest absolute Gasteiger partial charge is 0.224 e. The van der Waals surface area contributed by atoms with Crippen LogP contribution in [-0.2, 0) is 4.79 Å². The van der Waals surface area contributed by atoms with Crippen LogP contribution < -0.4 is 10.6 Å². The van der Waals surface area contributed by atoms with Crippen molar-refractivity contribution in [1.82, 2.24) is 19.5 Å². The second-order valence-electron chi connectivity index (χ2n) is 5.63. The molecular formula is C18H20N6O. The first-order chi connectivity index (χ1) is 12.1. The van der Waals surface area contributed by atoms with Crippen molar-refractivity contribution in [2.45, 2.75) is 26.7 Å². The van der Waals surface area contributed by atoms with Crippen LogP contribution in [0, 0.1) is 6.92 Å². The Kier molecular flexibility index (Phi) is 5.03. The monoisotopic (exact) mass is 336 g/mol. The maximum Gasteiger partial charge on any atom is 0.224 e. The number of amides is 1. The van der Waals surface area contributed by atoms with Crippen molar-refractivity contribution in [2.75, 3.05) is 10.6 Å². The highest BCUT2D eigenvalue weighted by atomic mass is 16.1. The Morgan fingerprint density at radius 1 is 1.16 bits per heavy atom. The molecule has 0 bridgehead atoms. The van der Waals surface area contributed by atoms with E-state index in [2.05, 4.69) is 25.6 Å². The fourth-order valence-electron chi connectivity index (χ4n) is 2.38. The molecule has 0 fully saturated rings. The van der Waals surface area contributed by atoms with E-state index in [1.807, 2.05) is 54.9 Å². The summed E-state index contributed by atoms with van der Waals surface area (Å²) in [6.07, 6.45) is 6.59. The number of aryl methyl sites for hydroxylation is 1. The highest BCUT2D eigenvalue weighted by molar-refractivity contribution is 5.90. The number of carbonyl (C=O) groups is 1. The van der Waals surface area contributed by atoms with Gasteiger partial charge in [-0.2, -0.15) is 0 Å². The van der Waals surface area contributed by atoms with E-state index >= 15 is 0 Å². The van der Waals surface area contributed by atoms with Crippen molar-refractivity contribution in [1.29, 1.82) is 0 Å². The van der Waals surface area contributed by atoms with E-state index in [0.717, 1.165) is 23.6 Å². The Hall–Kier alpha value is -3.22. The summed E-state index contributed by atoms with van der Waals surface area (Å²) in [7, 11) is 0. The van der Waals surface area contributed by atoms with Gasteiger partial charge in [0, 0.05) is 36.3 Å². The molecule has 2 N–H and O–H groups in total. The van der Waals surface area contributed by atoms with Crippen molar-refractivity contribution in [3.05, 3.63) is 54.9 Å². The molecule has 25 heavy (non-hydrogen) atoms. The van der Waals surface area contributed by atoms with Gasteiger partial charge in [0.1, 0.15) is 23.8 Å². The van der Waals surface area contributed by atoms with Gasteiger partial charge in [-0.25, -0.2) is 15.0 Å². The number of rotatable bonds is 6. The van der Waals surface area contributed by atoms with Crippen molar-refractivity contribution in [3.63, 3.8) is 0 Å². The molecule has 1 amide bonds. The van der Waals surface area contributed by atoms with Gasteiger partial charge in [-0.3, -0.25) is 9.36 Å². The molecule has 3 rings (SSSR count).